The van der Waals surface area contributed by atoms with Crippen molar-refractivity contribution in [2.75, 3.05) is 18.4 Å². The van der Waals surface area contributed by atoms with Gasteiger partial charge in [-0.05, 0) is 32.4 Å². The number of carboxylic acids is 1. The number of anilines is 1. The molecule has 1 aromatic carbocycles. The van der Waals surface area contributed by atoms with E-state index in [1.54, 1.807) is 31.2 Å². The maximum Gasteiger partial charge on any atom is 0.321 e. The third-order valence-corrected chi connectivity index (χ3v) is 3.80. The summed E-state index contributed by atoms with van der Waals surface area (Å²) >= 11 is 0. The van der Waals surface area contributed by atoms with E-state index in [9.17, 15) is 14.4 Å². The van der Waals surface area contributed by atoms with E-state index in [0.29, 0.717) is 24.2 Å². The minimum Gasteiger partial charge on any atom is -0.481 e. The Morgan fingerprint density at radius 1 is 1.33 bits per heavy atom. The fourth-order valence-electron chi connectivity index (χ4n) is 2.33. The molecular formula is C15H18N2O4. The zero-order valence-corrected chi connectivity index (χ0v) is 12.0. The van der Waals surface area contributed by atoms with Crippen molar-refractivity contribution < 1.29 is 19.5 Å². The van der Waals surface area contributed by atoms with E-state index in [4.69, 9.17) is 5.11 Å². The smallest absolute Gasteiger partial charge is 0.321 e. The molecule has 0 bridgehead atoms. The van der Waals surface area contributed by atoms with Gasteiger partial charge in [-0.1, -0.05) is 12.1 Å². The first-order valence-electron chi connectivity index (χ1n) is 6.72. The average molecular weight is 290 g/mol. The standard InChI is InChI=1S/C15H18N2O4/c1-10(18)11-4-3-5-12(8-11)16-14(21)17-7-6-15(2,9-17)13(19)20/h3-5,8H,6-7,9H2,1-2H3,(H,16,21)(H,19,20). The number of rotatable bonds is 3. The highest BCUT2D eigenvalue weighted by Crippen LogP contribution is 2.30. The van der Waals surface area contributed by atoms with Crippen LogP contribution < -0.4 is 5.32 Å². The van der Waals surface area contributed by atoms with Crippen LogP contribution in [-0.4, -0.2) is 40.9 Å². The molecule has 0 aromatic heterocycles. The predicted octanol–water partition coefficient (Wildman–Crippen LogP) is 2.22. The number of Topliss-reactive ketones (excluding diaryl/α,β-unsaturated/α-hetero) is 1. The van der Waals surface area contributed by atoms with Gasteiger partial charge < -0.3 is 15.3 Å². The Hall–Kier alpha value is -2.37. The number of ketones is 1. The molecule has 21 heavy (non-hydrogen) atoms. The third kappa shape index (κ3) is 3.21. The number of aliphatic carboxylic acids is 1. The molecule has 0 radical (unpaired) electrons. The molecule has 1 aliphatic rings. The van der Waals surface area contributed by atoms with Crippen molar-refractivity contribution in [1.29, 1.82) is 0 Å². The van der Waals surface area contributed by atoms with Gasteiger partial charge in [0.2, 0.25) is 0 Å². The molecule has 0 saturated carbocycles. The minimum atomic E-state index is -0.892. The van der Waals surface area contributed by atoms with Crippen LogP contribution >= 0.6 is 0 Å². The SMILES string of the molecule is CC(=O)c1cccc(NC(=O)N2CCC(C)(C(=O)O)C2)c1. The Morgan fingerprint density at radius 2 is 2.05 bits per heavy atom. The third-order valence-electron chi connectivity index (χ3n) is 3.80. The zero-order valence-electron chi connectivity index (χ0n) is 12.0. The summed E-state index contributed by atoms with van der Waals surface area (Å²) in [6.07, 6.45) is 0.434. The summed E-state index contributed by atoms with van der Waals surface area (Å²) in [6, 6.07) is 6.32. The van der Waals surface area contributed by atoms with Crippen LogP contribution in [-0.2, 0) is 4.79 Å². The summed E-state index contributed by atoms with van der Waals surface area (Å²) in [5.41, 5.74) is 0.152. The first kappa shape index (κ1) is 15.0. The summed E-state index contributed by atoms with van der Waals surface area (Å²) in [4.78, 5) is 36.1. The van der Waals surface area contributed by atoms with Crippen LogP contribution in [0, 0.1) is 5.41 Å². The van der Waals surface area contributed by atoms with Gasteiger partial charge in [0.25, 0.3) is 0 Å². The van der Waals surface area contributed by atoms with E-state index in [1.807, 2.05) is 0 Å². The quantitative estimate of drug-likeness (QED) is 0.836. The summed E-state index contributed by atoms with van der Waals surface area (Å²) in [6.45, 7) is 3.68. The topological polar surface area (TPSA) is 86.7 Å². The number of carboxylic acid groups (broad SMARTS) is 1. The second-order valence-electron chi connectivity index (χ2n) is 5.60. The van der Waals surface area contributed by atoms with Crippen LogP contribution in [0.3, 0.4) is 0 Å². The number of urea groups is 1. The molecule has 2 amide bonds. The number of amides is 2. The van der Waals surface area contributed by atoms with Gasteiger partial charge in [-0.15, -0.1) is 0 Å². The van der Waals surface area contributed by atoms with Crippen molar-refractivity contribution in [3.8, 4) is 0 Å². The number of benzene rings is 1. The van der Waals surface area contributed by atoms with Gasteiger partial charge in [0, 0.05) is 24.3 Å². The number of carbonyl (C=O) groups is 3. The van der Waals surface area contributed by atoms with Crippen LogP contribution in [0.4, 0.5) is 10.5 Å². The van der Waals surface area contributed by atoms with Crippen LogP contribution in [0.2, 0.25) is 0 Å². The normalized spacial score (nSPS) is 21.1. The van der Waals surface area contributed by atoms with E-state index in [2.05, 4.69) is 5.32 Å². The summed E-state index contributed by atoms with van der Waals surface area (Å²) in [5, 5.41) is 11.9. The molecule has 6 heteroatoms. The largest absolute Gasteiger partial charge is 0.481 e. The van der Waals surface area contributed by atoms with E-state index >= 15 is 0 Å². The fourth-order valence-corrected chi connectivity index (χ4v) is 2.33. The highest BCUT2D eigenvalue weighted by molar-refractivity contribution is 5.97. The van der Waals surface area contributed by atoms with Crippen molar-refractivity contribution in [2.24, 2.45) is 5.41 Å². The molecule has 1 fully saturated rings. The summed E-state index contributed by atoms with van der Waals surface area (Å²) in [7, 11) is 0. The fraction of sp³-hybridized carbons (Fsp3) is 0.400. The molecule has 1 aromatic rings. The Morgan fingerprint density at radius 3 is 2.62 bits per heavy atom. The average Bonchev–Trinajstić information content (AvgIpc) is 2.83. The molecule has 1 unspecified atom stereocenters. The van der Waals surface area contributed by atoms with E-state index in [-0.39, 0.29) is 18.4 Å². The summed E-state index contributed by atoms with van der Waals surface area (Å²) < 4.78 is 0. The van der Waals surface area contributed by atoms with E-state index in [0.717, 1.165) is 0 Å². The molecule has 0 aliphatic carbocycles. The Labute approximate surface area is 122 Å². The lowest BCUT2D eigenvalue weighted by Crippen LogP contribution is -2.37. The Bertz CT molecular complexity index is 599. The molecule has 1 saturated heterocycles. The molecule has 2 N–H and O–H groups in total. The first-order valence-corrected chi connectivity index (χ1v) is 6.72. The molecule has 1 atom stereocenters. The van der Waals surface area contributed by atoms with Crippen LogP contribution in [0.25, 0.3) is 0 Å². The van der Waals surface area contributed by atoms with Crippen LogP contribution in [0.5, 0.6) is 0 Å². The van der Waals surface area contributed by atoms with Gasteiger partial charge in [0.05, 0.1) is 5.41 Å². The van der Waals surface area contributed by atoms with Crippen molar-refractivity contribution in [1.82, 2.24) is 4.90 Å². The van der Waals surface area contributed by atoms with Gasteiger partial charge >= 0.3 is 12.0 Å². The maximum atomic E-state index is 12.1. The van der Waals surface area contributed by atoms with Gasteiger partial charge in [-0.3, -0.25) is 9.59 Å². The molecule has 112 valence electrons. The Kier molecular flexibility index (Phi) is 3.97. The monoisotopic (exact) mass is 290 g/mol. The van der Waals surface area contributed by atoms with Crippen molar-refractivity contribution in [3.63, 3.8) is 0 Å². The van der Waals surface area contributed by atoms with Crippen LogP contribution in [0.1, 0.15) is 30.6 Å². The molecule has 1 aliphatic heterocycles. The zero-order chi connectivity index (χ0) is 15.6. The van der Waals surface area contributed by atoms with E-state index in [1.165, 1.54) is 11.8 Å². The van der Waals surface area contributed by atoms with Gasteiger partial charge in [0.1, 0.15) is 0 Å². The number of nitrogens with one attached hydrogen (secondary N) is 1. The molecular weight excluding hydrogens is 272 g/mol. The molecule has 0 spiro atoms. The summed E-state index contributed by atoms with van der Waals surface area (Å²) in [5.74, 6) is -0.970. The molecule has 6 nitrogen and oxygen atoms in total. The minimum absolute atomic E-state index is 0.0780. The van der Waals surface area contributed by atoms with Crippen LogP contribution in [0.15, 0.2) is 24.3 Å². The van der Waals surface area contributed by atoms with Crippen molar-refractivity contribution in [3.05, 3.63) is 29.8 Å². The maximum absolute atomic E-state index is 12.1. The second-order valence-corrected chi connectivity index (χ2v) is 5.60. The number of likely N-dealkylation sites (tertiary alicyclic amines) is 1. The Balaban J connectivity index is 2.04. The van der Waals surface area contributed by atoms with Crippen molar-refractivity contribution >= 4 is 23.5 Å². The van der Waals surface area contributed by atoms with Gasteiger partial charge in [-0.2, -0.15) is 0 Å². The highest BCUT2D eigenvalue weighted by atomic mass is 16.4. The first-order chi connectivity index (χ1) is 9.82. The highest BCUT2D eigenvalue weighted by Gasteiger charge is 2.42. The lowest BCUT2D eigenvalue weighted by molar-refractivity contribution is -0.146. The number of hydrogen-bond acceptors (Lipinski definition) is 3. The molecule has 1 heterocycles. The van der Waals surface area contributed by atoms with E-state index < -0.39 is 11.4 Å². The van der Waals surface area contributed by atoms with Gasteiger partial charge in [0.15, 0.2) is 5.78 Å². The number of carbonyl (C=O) groups excluding carboxylic acids is 2. The van der Waals surface area contributed by atoms with Crippen molar-refractivity contribution in [2.45, 2.75) is 20.3 Å². The predicted molar refractivity (Wildman–Crippen MR) is 77.4 cm³/mol. The molecule has 2 rings (SSSR count). The lowest BCUT2D eigenvalue weighted by atomic mass is 9.90. The number of hydrogen-bond donors (Lipinski definition) is 2. The number of nitrogens with zero attached hydrogens (tertiary/aromatic N) is 1. The van der Waals surface area contributed by atoms with Gasteiger partial charge in [-0.25, -0.2) is 4.79 Å². The second kappa shape index (κ2) is 5.55. The lowest BCUT2D eigenvalue weighted by Gasteiger charge is -2.20.